The number of H-pyrrole nitrogens is 1. The van der Waals surface area contributed by atoms with Crippen molar-refractivity contribution in [2.24, 2.45) is 28.5 Å². The van der Waals surface area contributed by atoms with Crippen LogP contribution < -0.4 is 16.0 Å². The molecule has 4 aromatic rings. The van der Waals surface area contributed by atoms with Crippen molar-refractivity contribution in [3.05, 3.63) is 105 Å². The summed E-state index contributed by atoms with van der Waals surface area (Å²) in [5.74, 6) is -1.91. The van der Waals surface area contributed by atoms with E-state index in [-0.39, 0.29) is 53.8 Å². The zero-order chi connectivity index (χ0) is 38.8. The summed E-state index contributed by atoms with van der Waals surface area (Å²) >= 11 is 0. The van der Waals surface area contributed by atoms with E-state index in [9.17, 15) is 29.2 Å². The number of benzene rings is 3. The summed E-state index contributed by atoms with van der Waals surface area (Å²) in [4.78, 5) is 74.7. The van der Waals surface area contributed by atoms with Gasteiger partial charge in [0.15, 0.2) is 17.3 Å². The number of rotatable bonds is 9. The maximum absolute atomic E-state index is 14.1. The van der Waals surface area contributed by atoms with Crippen LogP contribution >= 0.6 is 0 Å². The van der Waals surface area contributed by atoms with Gasteiger partial charge >= 0.3 is 0 Å². The quantitative estimate of drug-likeness (QED) is 0.110. The van der Waals surface area contributed by atoms with Gasteiger partial charge in [-0.1, -0.05) is 26.8 Å². The smallest absolute Gasteiger partial charge is 0.229 e. The molecule has 0 saturated carbocycles. The number of nitriles is 1. The first-order chi connectivity index (χ1) is 26.4. The van der Waals surface area contributed by atoms with Gasteiger partial charge in [-0.2, -0.15) is 5.26 Å². The number of nitrogens with zero attached hydrogens (tertiary/aromatic N) is 3. The molecule has 4 N–H and O–H groups in total. The van der Waals surface area contributed by atoms with Gasteiger partial charge in [-0.3, -0.25) is 34.3 Å². The number of anilines is 1. The molecule has 2 amide bonds. The molecule has 2 aliphatic carbocycles. The number of carbonyl (C=O) groups is 5. The van der Waals surface area contributed by atoms with Crippen LogP contribution in [0.3, 0.4) is 0 Å². The Morgan fingerprint density at radius 3 is 2.51 bits per heavy atom. The number of aliphatic imine (C=N–C) groups is 1. The summed E-state index contributed by atoms with van der Waals surface area (Å²) < 4.78 is 0. The third-order valence-corrected chi connectivity index (χ3v) is 12.1. The Hall–Kier alpha value is -6.15. The van der Waals surface area contributed by atoms with E-state index in [1.165, 1.54) is 0 Å². The number of fused-ring (bicyclic) bond motifs is 5. The largest absolute Gasteiger partial charge is 0.404 e. The lowest BCUT2D eigenvalue weighted by atomic mass is 9.70. The van der Waals surface area contributed by atoms with Crippen LogP contribution in [0.4, 0.5) is 5.69 Å². The topological polar surface area (TPSA) is 179 Å². The average molecular weight is 735 g/mol. The van der Waals surface area contributed by atoms with Crippen LogP contribution in [0.5, 0.6) is 0 Å². The Morgan fingerprint density at radius 2 is 1.78 bits per heavy atom. The molecule has 2 aliphatic heterocycles. The van der Waals surface area contributed by atoms with Crippen molar-refractivity contribution in [1.82, 2.24) is 10.3 Å². The van der Waals surface area contributed by atoms with Crippen molar-refractivity contribution in [3.8, 4) is 6.07 Å². The number of hydrogen-bond donors (Lipinski definition) is 3. The molecule has 2 atom stereocenters. The highest BCUT2D eigenvalue weighted by atomic mass is 16.2. The van der Waals surface area contributed by atoms with Gasteiger partial charge in [0, 0.05) is 100 Å². The van der Waals surface area contributed by atoms with E-state index < -0.39 is 11.3 Å². The van der Waals surface area contributed by atoms with Crippen LogP contribution in [0.25, 0.3) is 16.5 Å². The molecular weight excluding hydrogens is 693 g/mol. The molecule has 2 unspecified atom stereocenters. The molecule has 0 spiro atoms. The van der Waals surface area contributed by atoms with Gasteiger partial charge in [0.1, 0.15) is 0 Å². The van der Waals surface area contributed by atoms with E-state index in [0.717, 1.165) is 57.6 Å². The van der Waals surface area contributed by atoms with Crippen LogP contribution in [0.1, 0.15) is 111 Å². The average Bonchev–Trinajstić information content (AvgIpc) is 3.67. The molecule has 278 valence electrons. The fraction of sp³-hybridized carbons (Fsp3) is 0.341. The minimum absolute atomic E-state index is 0.0352. The molecule has 0 radical (unpaired) electrons. The molecule has 4 aliphatic rings. The van der Waals surface area contributed by atoms with Crippen molar-refractivity contribution in [2.45, 2.75) is 58.3 Å². The summed E-state index contributed by atoms with van der Waals surface area (Å²) in [7, 11) is 0. The lowest BCUT2D eigenvalue weighted by Crippen LogP contribution is -2.48. The number of aryl methyl sites for hydroxylation is 1. The van der Waals surface area contributed by atoms with E-state index in [1.54, 1.807) is 24.4 Å². The Morgan fingerprint density at radius 1 is 1.00 bits per heavy atom. The Balaban J connectivity index is 0.932. The fourth-order valence-corrected chi connectivity index (χ4v) is 8.84. The van der Waals surface area contributed by atoms with Crippen LogP contribution in [0.15, 0.2) is 59.7 Å². The predicted molar refractivity (Wildman–Crippen MR) is 209 cm³/mol. The number of nitrogens with one attached hydrogen (secondary N) is 2. The lowest BCUT2D eigenvalue weighted by molar-refractivity contribution is -0.136. The zero-order valence-corrected chi connectivity index (χ0v) is 31.1. The summed E-state index contributed by atoms with van der Waals surface area (Å²) in [5.41, 5.74) is 14.5. The summed E-state index contributed by atoms with van der Waals surface area (Å²) in [6.07, 6.45) is 5.46. The summed E-state index contributed by atoms with van der Waals surface area (Å²) in [6.45, 7) is 8.34. The standard InChI is InChI=1S/C44H42N6O5/c1-4-25-14-34-35(44(2,3)42-38(41(34)54)30-9-5-23(17-45)13-36(30)48-42)16-32(25)27(18-46)20-47-19-24-21-50(22-24)28-8-11-29-33(15-28)40(53)31(39(29)52)10-6-26-7-12-37(51)49-43(26)55/h5,8-9,11,13-16,18,20,24,26,31,48H,4,6-7,10,12,19,21-22,46H2,1-3H3,(H,49,51,55). The van der Waals surface area contributed by atoms with Crippen LogP contribution in [-0.2, 0) is 21.4 Å². The third kappa shape index (κ3) is 5.97. The molecule has 1 aromatic heterocycles. The van der Waals surface area contributed by atoms with Crippen LogP contribution in [-0.4, -0.2) is 60.0 Å². The number of aromatic nitrogens is 1. The van der Waals surface area contributed by atoms with E-state index in [2.05, 4.69) is 48.1 Å². The van der Waals surface area contributed by atoms with Crippen LogP contribution in [0, 0.1) is 29.1 Å². The molecule has 3 aromatic carbocycles. The van der Waals surface area contributed by atoms with Gasteiger partial charge in [-0.15, -0.1) is 0 Å². The zero-order valence-electron chi connectivity index (χ0n) is 31.1. The fourth-order valence-electron chi connectivity index (χ4n) is 8.84. The third-order valence-electron chi connectivity index (χ3n) is 12.1. The van der Waals surface area contributed by atoms with Gasteiger partial charge in [0.2, 0.25) is 11.8 Å². The van der Waals surface area contributed by atoms with Crippen molar-refractivity contribution in [2.75, 3.05) is 24.5 Å². The second kappa shape index (κ2) is 13.6. The molecule has 2 saturated heterocycles. The second-order valence-electron chi connectivity index (χ2n) is 15.7. The van der Waals surface area contributed by atoms with Crippen molar-refractivity contribution in [1.29, 1.82) is 5.26 Å². The minimum atomic E-state index is -0.793. The van der Waals surface area contributed by atoms with Gasteiger partial charge in [-0.25, -0.2) is 0 Å². The molecule has 3 heterocycles. The maximum Gasteiger partial charge on any atom is 0.229 e. The molecule has 55 heavy (non-hydrogen) atoms. The van der Waals surface area contributed by atoms with Crippen LogP contribution in [0.2, 0.25) is 0 Å². The monoisotopic (exact) mass is 734 g/mol. The number of hydrogen-bond acceptors (Lipinski definition) is 9. The first-order valence-electron chi connectivity index (χ1n) is 18.9. The van der Waals surface area contributed by atoms with Crippen molar-refractivity contribution >= 4 is 57.5 Å². The number of carbonyl (C=O) groups excluding carboxylic acids is 5. The Labute approximate surface area is 318 Å². The lowest BCUT2D eigenvalue weighted by Gasteiger charge is -2.40. The molecule has 0 bridgehead atoms. The van der Waals surface area contributed by atoms with E-state index in [4.69, 9.17) is 10.7 Å². The predicted octanol–water partition coefficient (Wildman–Crippen LogP) is 5.81. The highest BCUT2D eigenvalue weighted by Crippen LogP contribution is 2.45. The number of nitrogens with two attached hydrogens (primary N) is 1. The highest BCUT2D eigenvalue weighted by molar-refractivity contribution is 6.26. The minimum Gasteiger partial charge on any atom is -0.404 e. The van der Waals surface area contributed by atoms with Gasteiger partial charge in [0.25, 0.3) is 0 Å². The Kier molecular flexibility index (Phi) is 8.87. The van der Waals surface area contributed by atoms with E-state index in [1.807, 2.05) is 30.5 Å². The van der Waals surface area contributed by atoms with E-state index >= 15 is 0 Å². The maximum atomic E-state index is 14.1. The summed E-state index contributed by atoms with van der Waals surface area (Å²) in [6, 6.07) is 17.1. The molecule has 11 heteroatoms. The number of imide groups is 1. The first kappa shape index (κ1) is 35.9. The second-order valence-corrected chi connectivity index (χ2v) is 15.7. The molecule has 8 rings (SSSR count). The number of allylic oxidation sites excluding steroid dienone is 1. The molecular formula is C44H42N6O5. The number of piperidine rings is 1. The van der Waals surface area contributed by atoms with Crippen molar-refractivity contribution < 1.29 is 24.0 Å². The normalized spacial score (nSPS) is 20.7. The SMILES string of the molecule is CCc1cc2c(cc1C(C=NCC1CN(c3ccc4c(c3)C(=O)C(CCC3CCC(=O)NC3=O)C4=O)C1)=CN)C(C)(C)c1[nH]c3cc(C#N)ccc3c1C2=O. The first-order valence-corrected chi connectivity index (χ1v) is 18.9. The number of aromatic amines is 1. The highest BCUT2D eigenvalue weighted by Gasteiger charge is 2.42. The van der Waals surface area contributed by atoms with Gasteiger partial charge in [-0.05, 0) is 84.8 Å². The number of Topliss-reactive ketones (excluding diaryl/α,β-unsaturated/α-hetero) is 2. The van der Waals surface area contributed by atoms with Crippen molar-refractivity contribution in [3.63, 3.8) is 0 Å². The van der Waals surface area contributed by atoms with Gasteiger partial charge < -0.3 is 15.6 Å². The molecule has 2 fully saturated rings. The van der Waals surface area contributed by atoms with Gasteiger partial charge in [0.05, 0.1) is 23.1 Å². The number of amides is 2. The van der Waals surface area contributed by atoms with E-state index in [0.29, 0.717) is 53.6 Å². The Bertz CT molecular complexity index is 2460. The molecule has 11 nitrogen and oxygen atoms in total. The number of ketones is 3. The summed E-state index contributed by atoms with van der Waals surface area (Å²) in [5, 5.41) is 12.6.